The van der Waals surface area contributed by atoms with Gasteiger partial charge in [0.05, 0.1) is 10.4 Å². The fraction of sp³-hybridized carbons (Fsp3) is 0.258. The summed E-state index contributed by atoms with van der Waals surface area (Å²) in [6.45, 7) is 0.715. The van der Waals surface area contributed by atoms with Crippen molar-refractivity contribution >= 4 is 38.2 Å². The van der Waals surface area contributed by atoms with Crippen molar-refractivity contribution in [2.75, 3.05) is 6.54 Å². The Morgan fingerprint density at radius 2 is 1.78 bits per heavy atom. The number of nitrogens with zero attached hydrogens (tertiary/aromatic N) is 1. The third kappa shape index (κ3) is 3.33. The first-order valence-electron chi connectivity index (χ1n) is 12.8. The van der Waals surface area contributed by atoms with Crippen LogP contribution in [0.25, 0.3) is 21.0 Å². The summed E-state index contributed by atoms with van der Waals surface area (Å²) in [7, 11) is 0. The number of hydrogen-bond acceptors (Lipinski definition) is 2. The third-order valence-electron chi connectivity index (χ3n) is 8.40. The molecule has 180 valence electrons. The molecule has 7 rings (SSSR count). The van der Waals surface area contributed by atoms with E-state index in [0.717, 1.165) is 58.1 Å². The highest BCUT2D eigenvalue weighted by atomic mass is 32.1. The Balaban J connectivity index is 1.31. The highest BCUT2D eigenvalue weighted by molar-refractivity contribution is 7.20. The van der Waals surface area contributed by atoms with Crippen LogP contribution in [0.3, 0.4) is 0 Å². The largest absolute Gasteiger partial charge is 0.356 e. The van der Waals surface area contributed by atoms with Crippen LogP contribution in [0.5, 0.6) is 0 Å². The number of hydrogen-bond donors (Lipinski definition) is 1. The van der Waals surface area contributed by atoms with E-state index in [4.69, 9.17) is 0 Å². The van der Waals surface area contributed by atoms with Crippen molar-refractivity contribution in [1.82, 2.24) is 9.88 Å². The van der Waals surface area contributed by atoms with Crippen molar-refractivity contribution in [3.05, 3.63) is 106 Å². The van der Waals surface area contributed by atoms with Gasteiger partial charge in [-0.25, -0.2) is 4.39 Å². The first-order chi connectivity index (χ1) is 17.6. The molecule has 3 nitrogen and oxygen atoms in total. The molecule has 0 atom stereocenters. The van der Waals surface area contributed by atoms with Gasteiger partial charge in [-0.2, -0.15) is 0 Å². The molecule has 2 aromatic heterocycles. The Bertz CT molecular complexity index is 1570. The van der Waals surface area contributed by atoms with Gasteiger partial charge in [0.2, 0.25) is 0 Å². The molecule has 1 aliphatic heterocycles. The maximum atomic E-state index is 14.1. The SMILES string of the molecule is O=C(c1cc2ccccc2s1)N1CCc2c([nH]c3ccccc23)C12CCC(c1cccc(F)c1)CC2. The first-order valence-corrected chi connectivity index (χ1v) is 13.6. The van der Waals surface area contributed by atoms with Crippen LogP contribution in [0.15, 0.2) is 78.9 Å². The molecule has 36 heavy (non-hydrogen) atoms. The highest BCUT2D eigenvalue weighted by Gasteiger charge is 2.49. The van der Waals surface area contributed by atoms with Crippen LogP contribution < -0.4 is 0 Å². The van der Waals surface area contributed by atoms with E-state index >= 15 is 0 Å². The predicted octanol–water partition coefficient (Wildman–Crippen LogP) is 7.77. The number of carbonyl (C=O) groups excluding carboxylic acids is 1. The molecule has 5 heteroatoms. The van der Waals surface area contributed by atoms with E-state index in [2.05, 4.69) is 52.3 Å². The van der Waals surface area contributed by atoms with Gasteiger partial charge in [-0.15, -0.1) is 11.3 Å². The number of carbonyl (C=O) groups is 1. The van der Waals surface area contributed by atoms with Gasteiger partial charge in [0.25, 0.3) is 5.91 Å². The molecular formula is C31H27FN2OS. The van der Waals surface area contributed by atoms with Crippen LogP contribution in [0.1, 0.15) is 58.1 Å². The lowest BCUT2D eigenvalue weighted by Gasteiger charge is -2.50. The third-order valence-corrected chi connectivity index (χ3v) is 9.50. The molecule has 1 aliphatic carbocycles. The van der Waals surface area contributed by atoms with Gasteiger partial charge in [0.15, 0.2) is 0 Å². The lowest BCUT2D eigenvalue weighted by molar-refractivity contribution is 0.0230. The van der Waals surface area contributed by atoms with Gasteiger partial charge in [-0.05, 0) is 84.9 Å². The summed E-state index contributed by atoms with van der Waals surface area (Å²) in [6.07, 6.45) is 4.43. The normalized spacial score (nSPS) is 21.8. The topological polar surface area (TPSA) is 36.1 Å². The molecule has 3 heterocycles. The molecule has 3 aromatic carbocycles. The number of nitrogens with one attached hydrogen (secondary N) is 1. The van der Waals surface area contributed by atoms with Gasteiger partial charge in [0.1, 0.15) is 5.82 Å². The first kappa shape index (κ1) is 21.8. The van der Waals surface area contributed by atoms with Gasteiger partial charge >= 0.3 is 0 Å². The van der Waals surface area contributed by atoms with E-state index in [-0.39, 0.29) is 17.3 Å². The molecule has 2 aliphatic rings. The van der Waals surface area contributed by atoms with E-state index in [1.54, 1.807) is 17.4 Å². The van der Waals surface area contributed by atoms with Crippen molar-refractivity contribution in [3.63, 3.8) is 0 Å². The predicted molar refractivity (Wildman–Crippen MR) is 144 cm³/mol. The molecular weight excluding hydrogens is 467 g/mol. The Hall–Kier alpha value is -3.44. The molecule has 1 fully saturated rings. The monoisotopic (exact) mass is 494 g/mol. The number of amides is 1. The molecule has 0 unspecified atom stereocenters. The Morgan fingerprint density at radius 1 is 0.972 bits per heavy atom. The highest BCUT2D eigenvalue weighted by Crippen LogP contribution is 2.51. The lowest BCUT2D eigenvalue weighted by Crippen LogP contribution is -2.54. The number of para-hydroxylation sites is 1. The number of aromatic nitrogens is 1. The number of halogens is 1. The summed E-state index contributed by atoms with van der Waals surface area (Å²) in [5.74, 6) is 0.261. The van der Waals surface area contributed by atoms with Crippen LogP contribution in [-0.4, -0.2) is 22.3 Å². The number of aromatic amines is 1. The average Bonchev–Trinajstić information content (AvgIpc) is 3.52. The minimum atomic E-state index is -0.371. The molecule has 0 bridgehead atoms. The van der Waals surface area contributed by atoms with Crippen molar-refractivity contribution in [1.29, 1.82) is 0 Å². The fourth-order valence-corrected chi connectivity index (χ4v) is 7.67. The molecule has 1 saturated carbocycles. The van der Waals surface area contributed by atoms with Crippen LogP contribution in [-0.2, 0) is 12.0 Å². The Morgan fingerprint density at radius 3 is 2.61 bits per heavy atom. The van der Waals surface area contributed by atoms with E-state index in [1.165, 1.54) is 22.7 Å². The average molecular weight is 495 g/mol. The number of rotatable bonds is 2. The van der Waals surface area contributed by atoms with Gasteiger partial charge in [-0.1, -0.05) is 48.5 Å². The molecule has 5 aromatic rings. The second-order valence-electron chi connectivity index (χ2n) is 10.2. The summed E-state index contributed by atoms with van der Waals surface area (Å²) < 4.78 is 15.1. The summed E-state index contributed by atoms with van der Waals surface area (Å²) >= 11 is 1.59. The van der Waals surface area contributed by atoms with Crippen LogP contribution in [0.4, 0.5) is 4.39 Å². The second-order valence-corrected chi connectivity index (χ2v) is 11.3. The summed E-state index contributed by atoms with van der Waals surface area (Å²) in [6, 6.07) is 25.8. The summed E-state index contributed by atoms with van der Waals surface area (Å²) in [5, 5.41) is 2.39. The second kappa shape index (κ2) is 8.31. The van der Waals surface area contributed by atoms with Crippen LogP contribution >= 0.6 is 11.3 Å². The van der Waals surface area contributed by atoms with E-state index in [9.17, 15) is 9.18 Å². The van der Waals surface area contributed by atoms with E-state index in [1.807, 2.05) is 24.3 Å². The number of thiophene rings is 1. The quantitative estimate of drug-likeness (QED) is 0.267. The molecule has 0 radical (unpaired) electrons. The molecule has 1 N–H and O–H groups in total. The maximum Gasteiger partial charge on any atom is 0.264 e. The fourth-order valence-electron chi connectivity index (χ4n) is 6.65. The molecule has 1 spiro atoms. The number of benzene rings is 3. The molecule has 0 saturated heterocycles. The van der Waals surface area contributed by atoms with Crippen molar-refractivity contribution in [2.45, 2.75) is 43.6 Å². The minimum Gasteiger partial charge on any atom is -0.356 e. The van der Waals surface area contributed by atoms with Crippen molar-refractivity contribution < 1.29 is 9.18 Å². The zero-order valence-electron chi connectivity index (χ0n) is 20.0. The minimum absolute atomic E-state index is 0.129. The Kier molecular flexibility index (Phi) is 5.03. The Labute approximate surface area is 213 Å². The van der Waals surface area contributed by atoms with Gasteiger partial charge < -0.3 is 9.88 Å². The van der Waals surface area contributed by atoms with Crippen molar-refractivity contribution in [3.8, 4) is 0 Å². The van der Waals surface area contributed by atoms with E-state index < -0.39 is 0 Å². The van der Waals surface area contributed by atoms with Crippen LogP contribution in [0, 0.1) is 5.82 Å². The van der Waals surface area contributed by atoms with Gasteiger partial charge in [-0.3, -0.25) is 4.79 Å². The zero-order valence-corrected chi connectivity index (χ0v) is 20.8. The van der Waals surface area contributed by atoms with Crippen molar-refractivity contribution in [2.24, 2.45) is 0 Å². The zero-order chi connectivity index (χ0) is 24.3. The molecule has 1 amide bonds. The number of H-pyrrole nitrogens is 1. The van der Waals surface area contributed by atoms with Crippen LogP contribution in [0.2, 0.25) is 0 Å². The number of fused-ring (bicyclic) bond motifs is 5. The van der Waals surface area contributed by atoms with E-state index in [0.29, 0.717) is 12.5 Å². The van der Waals surface area contributed by atoms with Gasteiger partial charge in [0, 0.05) is 27.8 Å². The maximum absolute atomic E-state index is 14.1. The standard InChI is InChI=1S/C31H27FN2OS/c32-23-8-5-7-21(18-23)20-12-15-31(16-13-20)29-25(24-9-2-3-10-26(24)33-29)14-17-34(31)30(35)28-19-22-6-1-4-11-27(22)36-28/h1-11,18-20,33H,12-17H2. The smallest absolute Gasteiger partial charge is 0.264 e. The summed E-state index contributed by atoms with van der Waals surface area (Å²) in [4.78, 5) is 20.9. The summed E-state index contributed by atoms with van der Waals surface area (Å²) in [5.41, 5.74) is 4.41. The lowest BCUT2D eigenvalue weighted by atomic mass is 9.69.